The van der Waals surface area contributed by atoms with Crippen molar-refractivity contribution in [2.24, 2.45) is 5.16 Å². The van der Waals surface area contributed by atoms with Crippen molar-refractivity contribution in [2.75, 3.05) is 0 Å². The van der Waals surface area contributed by atoms with Gasteiger partial charge in [0.25, 0.3) is 0 Å². The Morgan fingerprint density at radius 3 is 2.91 bits per heavy atom. The first kappa shape index (κ1) is 7.88. The number of oxime groups is 1. The summed E-state index contributed by atoms with van der Waals surface area (Å²) in [6.07, 6.45) is 1.05. The second-order valence-electron chi connectivity index (χ2n) is 1.93. The Morgan fingerprint density at radius 2 is 2.27 bits per heavy atom. The summed E-state index contributed by atoms with van der Waals surface area (Å²) >= 11 is 5.57. The number of nitrogens with zero attached hydrogens (tertiary/aromatic N) is 1. The van der Waals surface area contributed by atoms with Crippen LogP contribution in [0.5, 0.6) is 5.75 Å². The van der Waals surface area contributed by atoms with Crippen molar-refractivity contribution in [1.82, 2.24) is 0 Å². The Balaban J connectivity index is 3.12. The van der Waals surface area contributed by atoms with Crippen LogP contribution in [0.15, 0.2) is 23.4 Å². The summed E-state index contributed by atoms with van der Waals surface area (Å²) in [5.74, 6) is -0.216. The van der Waals surface area contributed by atoms with E-state index in [0.717, 1.165) is 6.21 Å². The summed E-state index contributed by atoms with van der Waals surface area (Å²) in [6, 6.07) is 4.24. The SMILES string of the molecule is [O-]c1ccc(Cl)cc1/C=N\O. The third-order valence-electron chi connectivity index (χ3n) is 1.17. The molecule has 0 fully saturated rings. The first-order chi connectivity index (χ1) is 5.24. The van der Waals surface area contributed by atoms with Crippen LogP contribution in [0.1, 0.15) is 5.56 Å². The van der Waals surface area contributed by atoms with E-state index in [9.17, 15) is 5.11 Å². The van der Waals surface area contributed by atoms with Crippen LogP contribution in [0.25, 0.3) is 0 Å². The Hall–Kier alpha value is -1.22. The molecule has 4 heteroatoms. The number of rotatable bonds is 1. The van der Waals surface area contributed by atoms with E-state index in [1.807, 2.05) is 0 Å². The molecule has 0 aliphatic heterocycles. The summed E-state index contributed by atoms with van der Waals surface area (Å²) < 4.78 is 0. The first-order valence-electron chi connectivity index (χ1n) is 2.88. The topological polar surface area (TPSA) is 55.7 Å². The van der Waals surface area contributed by atoms with E-state index in [0.29, 0.717) is 5.02 Å². The molecule has 0 spiro atoms. The molecular formula is C7H5ClNO2-. The van der Waals surface area contributed by atoms with E-state index in [-0.39, 0.29) is 11.3 Å². The van der Waals surface area contributed by atoms with E-state index in [2.05, 4.69) is 5.16 Å². The van der Waals surface area contributed by atoms with Crippen LogP contribution in [0.4, 0.5) is 0 Å². The van der Waals surface area contributed by atoms with Crippen molar-refractivity contribution in [3.8, 4) is 5.75 Å². The van der Waals surface area contributed by atoms with Gasteiger partial charge in [-0.25, -0.2) is 0 Å². The molecule has 0 saturated carbocycles. The third-order valence-corrected chi connectivity index (χ3v) is 1.40. The third kappa shape index (κ3) is 1.85. The lowest BCUT2D eigenvalue weighted by molar-refractivity contribution is -0.268. The number of benzene rings is 1. The molecule has 1 aromatic rings. The molecule has 11 heavy (non-hydrogen) atoms. The number of hydrogen-bond donors (Lipinski definition) is 1. The maximum Gasteiger partial charge on any atom is 0.0728 e. The van der Waals surface area contributed by atoms with Gasteiger partial charge in [-0.05, 0) is 17.7 Å². The normalized spacial score (nSPS) is 10.6. The van der Waals surface area contributed by atoms with Crippen molar-refractivity contribution in [1.29, 1.82) is 0 Å². The van der Waals surface area contributed by atoms with Gasteiger partial charge in [0.1, 0.15) is 0 Å². The molecular weight excluding hydrogens is 166 g/mol. The fourth-order valence-electron chi connectivity index (χ4n) is 0.682. The zero-order valence-corrected chi connectivity index (χ0v) is 6.25. The molecule has 0 amide bonds. The molecule has 0 aliphatic rings. The highest BCUT2D eigenvalue weighted by molar-refractivity contribution is 6.30. The predicted octanol–water partition coefficient (Wildman–Crippen LogP) is 1.22. The quantitative estimate of drug-likeness (QED) is 0.392. The van der Waals surface area contributed by atoms with Crippen molar-refractivity contribution in [3.63, 3.8) is 0 Å². The minimum Gasteiger partial charge on any atom is -0.872 e. The summed E-state index contributed by atoms with van der Waals surface area (Å²) in [5, 5.41) is 22.2. The molecule has 3 nitrogen and oxygen atoms in total. The zero-order valence-electron chi connectivity index (χ0n) is 5.49. The highest BCUT2D eigenvalue weighted by atomic mass is 35.5. The number of hydrogen-bond acceptors (Lipinski definition) is 3. The average Bonchev–Trinajstić information content (AvgIpc) is 1.98. The van der Waals surface area contributed by atoms with E-state index in [1.165, 1.54) is 18.2 Å². The van der Waals surface area contributed by atoms with Crippen LogP contribution in [0.3, 0.4) is 0 Å². The monoisotopic (exact) mass is 170 g/mol. The Kier molecular flexibility index (Phi) is 2.33. The molecule has 0 atom stereocenters. The minimum atomic E-state index is -0.216. The van der Waals surface area contributed by atoms with Crippen LogP contribution in [-0.4, -0.2) is 11.4 Å². The summed E-state index contributed by atoms with van der Waals surface area (Å²) in [7, 11) is 0. The summed E-state index contributed by atoms with van der Waals surface area (Å²) in [5.41, 5.74) is 0.278. The smallest absolute Gasteiger partial charge is 0.0728 e. The van der Waals surface area contributed by atoms with E-state index in [1.54, 1.807) is 0 Å². The largest absolute Gasteiger partial charge is 0.872 e. The van der Waals surface area contributed by atoms with Gasteiger partial charge in [0.2, 0.25) is 0 Å². The maximum atomic E-state index is 10.9. The highest BCUT2D eigenvalue weighted by Crippen LogP contribution is 2.16. The molecule has 0 aromatic heterocycles. The van der Waals surface area contributed by atoms with Crippen LogP contribution >= 0.6 is 11.6 Å². The molecule has 0 aliphatic carbocycles. The Bertz CT molecular complexity index is 286. The average molecular weight is 171 g/mol. The molecule has 0 saturated heterocycles. The van der Waals surface area contributed by atoms with Gasteiger partial charge in [-0.15, -0.1) is 0 Å². The highest BCUT2D eigenvalue weighted by Gasteiger charge is 1.91. The molecule has 1 aromatic carbocycles. The van der Waals surface area contributed by atoms with E-state index >= 15 is 0 Å². The molecule has 58 valence electrons. The minimum absolute atomic E-state index is 0.216. The first-order valence-corrected chi connectivity index (χ1v) is 3.26. The van der Waals surface area contributed by atoms with Gasteiger partial charge in [-0.2, -0.15) is 0 Å². The lowest BCUT2D eigenvalue weighted by Crippen LogP contribution is -1.95. The molecule has 0 bridgehead atoms. The van der Waals surface area contributed by atoms with Gasteiger partial charge >= 0.3 is 0 Å². The summed E-state index contributed by atoms with van der Waals surface area (Å²) in [6.45, 7) is 0. The van der Waals surface area contributed by atoms with Crippen LogP contribution in [0, 0.1) is 0 Å². The zero-order chi connectivity index (χ0) is 8.27. The van der Waals surface area contributed by atoms with Gasteiger partial charge in [0.15, 0.2) is 0 Å². The second-order valence-corrected chi connectivity index (χ2v) is 2.36. The molecule has 0 unspecified atom stereocenters. The van der Waals surface area contributed by atoms with Gasteiger partial charge in [-0.1, -0.05) is 28.6 Å². The van der Waals surface area contributed by atoms with Crippen molar-refractivity contribution in [3.05, 3.63) is 28.8 Å². The lowest BCUT2D eigenvalue weighted by atomic mass is 10.2. The molecule has 1 N–H and O–H groups in total. The Morgan fingerprint density at radius 1 is 1.55 bits per heavy atom. The van der Waals surface area contributed by atoms with Crippen molar-refractivity contribution < 1.29 is 10.3 Å². The molecule has 1 rings (SSSR count). The maximum absolute atomic E-state index is 10.9. The standard InChI is InChI=1S/C7H6ClNO2/c8-6-1-2-7(10)5(3-6)4-9-11/h1-4,10-11H/p-1/b9-4-. The van der Waals surface area contributed by atoms with Crippen molar-refractivity contribution >= 4 is 17.8 Å². The lowest BCUT2D eigenvalue weighted by Gasteiger charge is -2.08. The summed E-state index contributed by atoms with van der Waals surface area (Å²) in [4.78, 5) is 0. The van der Waals surface area contributed by atoms with Gasteiger partial charge < -0.3 is 10.3 Å². The van der Waals surface area contributed by atoms with Gasteiger partial charge in [-0.3, -0.25) is 0 Å². The van der Waals surface area contributed by atoms with Gasteiger partial charge in [0.05, 0.1) is 6.21 Å². The van der Waals surface area contributed by atoms with E-state index < -0.39 is 0 Å². The second kappa shape index (κ2) is 3.25. The fraction of sp³-hybridized carbons (Fsp3) is 0. The van der Waals surface area contributed by atoms with E-state index in [4.69, 9.17) is 16.8 Å². The van der Waals surface area contributed by atoms with Crippen molar-refractivity contribution in [2.45, 2.75) is 0 Å². The van der Waals surface area contributed by atoms with Crippen LogP contribution in [-0.2, 0) is 0 Å². The predicted molar refractivity (Wildman–Crippen MR) is 40.3 cm³/mol. The van der Waals surface area contributed by atoms with Crippen LogP contribution < -0.4 is 5.11 Å². The molecule has 0 radical (unpaired) electrons. The fourth-order valence-corrected chi connectivity index (χ4v) is 0.863. The van der Waals surface area contributed by atoms with Gasteiger partial charge in [0, 0.05) is 5.02 Å². The Labute approximate surface area is 68.5 Å². The molecule has 0 heterocycles. The van der Waals surface area contributed by atoms with Crippen LogP contribution in [0.2, 0.25) is 5.02 Å². The number of halogens is 1.